The van der Waals surface area contributed by atoms with E-state index in [1.807, 2.05) is 26.8 Å². The third-order valence-corrected chi connectivity index (χ3v) is 8.19. The van der Waals surface area contributed by atoms with Crippen LogP contribution in [0.15, 0.2) is 30.3 Å². The lowest BCUT2D eigenvalue weighted by molar-refractivity contribution is 0.0923. The molecule has 1 aliphatic rings. The fourth-order valence-electron chi connectivity index (χ4n) is 4.34. The molecule has 0 unspecified atom stereocenters. The first-order chi connectivity index (χ1) is 14.6. The van der Waals surface area contributed by atoms with Gasteiger partial charge in [-0.3, -0.25) is 4.79 Å². The van der Waals surface area contributed by atoms with Crippen molar-refractivity contribution in [1.29, 1.82) is 0 Å². The summed E-state index contributed by atoms with van der Waals surface area (Å²) in [5.41, 5.74) is 4.94. The van der Waals surface area contributed by atoms with Gasteiger partial charge < -0.3 is 9.88 Å². The Morgan fingerprint density at radius 3 is 2.45 bits per heavy atom. The van der Waals surface area contributed by atoms with Gasteiger partial charge in [0.25, 0.3) is 5.91 Å². The molecule has 1 aromatic heterocycles. The van der Waals surface area contributed by atoms with Gasteiger partial charge in [-0.2, -0.15) is 0 Å². The highest BCUT2D eigenvalue weighted by Gasteiger charge is 2.28. The number of hydrogen-bond donors (Lipinski definition) is 1. The Morgan fingerprint density at radius 1 is 1.16 bits per heavy atom. The maximum Gasteiger partial charge on any atom is 0.253 e. The van der Waals surface area contributed by atoms with Crippen molar-refractivity contribution in [3.05, 3.63) is 52.8 Å². The van der Waals surface area contributed by atoms with E-state index < -0.39 is 10.0 Å². The Bertz CT molecular complexity index is 1030. The smallest absolute Gasteiger partial charge is 0.253 e. The molecule has 1 fully saturated rings. The Hall–Kier alpha value is -2.12. The number of benzene rings is 1. The Balaban J connectivity index is 1.71. The highest BCUT2D eigenvalue weighted by Crippen LogP contribution is 2.24. The first-order valence-corrected chi connectivity index (χ1v) is 12.8. The van der Waals surface area contributed by atoms with Gasteiger partial charge in [0, 0.05) is 36.2 Å². The molecule has 2 aromatic rings. The Labute approximate surface area is 186 Å². The third-order valence-electron chi connectivity index (χ3n) is 6.12. The normalized spacial score (nSPS) is 16.1. The molecular formula is C24H35N3O3S. The van der Waals surface area contributed by atoms with Gasteiger partial charge in [0.1, 0.15) is 0 Å². The number of carbonyl (C=O) groups is 1. The topological polar surface area (TPSA) is 71.4 Å². The molecule has 1 saturated heterocycles. The molecule has 7 heteroatoms. The quantitative estimate of drug-likeness (QED) is 0.696. The zero-order valence-electron chi connectivity index (χ0n) is 19.3. The molecular weight excluding hydrogens is 410 g/mol. The van der Waals surface area contributed by atoms with Crippen LogP contribution < -0.4 is 5.32 Å². The van der Waals surface area contributed by atoms with Gasteiger partial charge in [0.2, 0.25) is 10.0 Å². The van der Waals surface area contributed by atoms with E-state index in [9.17, 15) is 13.2 Å². The summed E-state index contributed by atoms with van der Waals surface area (Å²) in [7, 11) is -3.17. The number of rotatable bonds is 7. The Kier molecular flexibility index (Phi) is 7.27. The summed E-state index contributed by atoms with van der Waals surface area (Å²) in [4.78, 5) is 13.0. The van der Waals surface area contributed by atoms with E-state index in [4.69, 9.17) is 0 Å². The molecule has 1 N–H and O–H groups in total. The Morgan fingerprint density at radius 2 is 1.84 bits per heavy atom. The molecule has 1 aliphatic heterocycles. The van der Waals surface area contributed by atoms with Crippen LogP contribution in [0.25, 0.3) is 5.69 Å². The molecule has 2 heterocycles. The second-order valence-electron chi connectivity index (χ2n) is 8.83. The fourth-order valence-corrected chi connectivity index (χ4v) is 5.88. The average Bonchev–Trinajstić information content (AvgIpc) is 3.02. The van der Waals surface area contributed by atoms with E-state index in [0.29, 0.717) is 43.8 Å². The van der Waals surface area contributed by atoms with Crippen LogP contribution in [-0.2, 0) is 10.0 Å². The number of piperidine rings is 1. The van der Waals surface area contributed by atoms with Crippen molar-refractivity contribution in [2.24, 2.45) is 0 Å². The van der Waals surface area contributed by atoms with E-state index in [0.717, 1.165) is 17.1 Å². The van der Waals surface area contributed by atoms with Gasteiger partial charge in [-0.25, -0.2) is 12.7 Å². The van der Waals surface area contributed by atoms with Crippen molar-refractivity contribution < 1.29 is 13.2 Å². The molecule has 0 saturated carbocycles. The van der Waals surface area contributed by atoms with Crippen molar-refractivity contribution >= 4 is 15.9 Å². The van der Waals surface area contributed by atoms with Gasteiger partial charge in [-0.1, -0.05) is 32.9 Å². The third kappa shape index (κ3) is 5.21. The number of sulfonamides is 1. The summed E-state index contributed by atoms with van der Waals surface area (Å²) >= 11 is 0. The van der Waals surface area contributed by atoms with E-state index in [1.165, 1.54) is 5.56 Å². The van der Waals surface area contributed by atoms with Crippen LogP contribution >= 0.6 is 0 Å². The molecule has 1 amide bonds. The number of amides is 1. The number of aryl methyl sites for hydroxylation is 1. The highest BCUT2D eigenvalue weighted by molar-refractivity contribution is 7.89. The lowest BCUT2D eigenvalue weighted by Gasteiger charge is -2.31. The van der Waals surface area contributed by atoms with Crippen LogP contribution in [0.4, 0.5) is 0 Å². The minimum Gasteiger partial charge on any atom is -0.349 e. The molecule has 170 valence electrons. The molecule has 0 aliphatic carbocycles. The summed E-state index contributed by atoms with van der Waals surface area (Å²) in [5, 5.41) is 3.13. The largest absolute Gasteiger partial charge is 0.349 e. The standard InChI is InChI=1S/C24H35N3O3S/c1-6-14-31(29,30)26-12-10-21(11-13-26)25-24(28)23-15-18(4)27(19(23)5)22-9-7-8-20(16-22)17(2)3/h7-9,15-17,21H,6,10-14H2,1-5H3,(H,25,28). The maximum absolute atomic E-state index is 13.0. The van der Waals surface area contributed by atoms with Gasteiger partial charge in [0.15, 0.2) is 0 Å². The van der Waals surface area contributed by atoms with Crippen molar-refractivity contribution in [1.82, 2.24) is 14.2 Å². The van der Waals surface area contributed by atoms with E-state index in [1.54, 1.807) is 4.31 Å². The summed E-state index contributed by atoms with van der Waals surface area (Å²) in [6, 6.07) is 10.4. The molecule has 0 atom stereocenters. The second-order valence-corrected chi connectivity index (χ2v) is 10.9. The second kappa shape index (κ2) is 9.57. The molecule has 6 nitrogen and oxygen atoms in total. The SMILES string of the molecule is CCCS(=O)(=O)N1CCC(NC(=O)c2cc(C)n(-c3cccc(C(C)C)c3)c2C)CC1. The fraction of sp³-hybridized carbons (Fsp3) is 0.542. The van der Waals surface area contributed by atoms with Crippen molar-refractivity contribution in [3.8, 4) is 5.69 Å². The number of carbonyl (C=O) groups excluding carboxylic acids is 1. The van der Waals surface area contributed by atoms with Gasteiger partial charge in [0.05, 0.1) is 11.3 Å². The van der Waals surface area contributed by atoms with Gasteiger partial charge >= 0.3 is 0 Å². The summed E-state index contributed by atoms with van der Waals surface area (Å²) < 4.78 is 28.2. The van der Waals surface area contributed by atoms with E-state index >= 15 is 0 Å². The zero-order valence-corrected chi connectivity index (χ0v) is 20.1. The predicted molar refractivity (Wildman–Crippen MR) is 125 cm³/mol. The molecule has 31 heavy (non-hydrogen) atoms. The molecule has 3 rings (SSSR count). The number of hydrogen-bond acceptors (Lipinski definition) is 3. The minimum absolute atomic E-state index is 0.00657. The lowest BCUT2D eigenvalue weighted by Crippen LogP contribution is -2.47. The minimum atomic E-state index is -3.17. The van der Waals surface area contributed by atoms with Crippen LogP contribution in [0.1, 0.15) is 73.3 Å². The monoisotopic (exact) mass is 445 g/mol. The number of aromatic nitrogens is 1. The van der Waals surface area contributed by atoms with Gasteiger partial charge in [-0.15, -0.1) is 0 Å². The van der Waals surface area contributed by atoms with Crippen LogP contribution in [0.5, 0.6) is 0 Å². The van der Waals surface area contributed by atoms with E-state index in [2.05, 4.69) is 48.0 Å². The highest BCUT2D eigenvalue weighted by atomic mass is 32.2. The maximum atomic E-state index is 13.0. The van der Waals surface area contributed by atoms with Crippen molar-refractivity contribution in [2.45, 2.75) is 65.8 Å². The zero-order chi connectivity index (χ0) is 22.8. The van der Waals surface area contributed by atoms with E-state index in [-0.39, 0.29) is 17.7 Å². The summed E-state index contributed by atoms with van der Waals surface area (Å²) in [6.07, 6.45) is 1.91. The molecule has 0 radical (unpaired) electrons. The van der Waals surface area contributed by atoms with Crippen molar-refractivity contribution in [2.75, 3.05) is 18.8 Å². The van der Waals surface area contributed by atoms with Gasteiger partial charge in [-0.05, 0) is 62.8 Å². The molecule has 0 spiro atoms. The number of nitrogens with zero attached hydrogens (tertiary/aromatic N) is 2. The average molecular weight is 446 g/mol. The first kappa shape index (κ1) is 23.5. The van der Waals surface area contributed by atoms with Crippen LogP contribution in [0.3, 0.4) is 0 Å². The molecule has 0 bridgehead atoms. The predicted octanol–water partition coefficient (Wildman–Crippen LogP) is 4.15. The van der Waals surface area contributed by atoms with Crippen LogP contribution in [0, 0.1) is 13.8 Å². The molecule has 1 aromatic carbocycles. The summed E-state index contributed by atoms with van der Waals surface area (Å²) in [6.45, 7) is 11.1. The number of nitrogens with one attached hydrogen (secondary N) is 1. The van der Waals surface area contributed by atoms with Crippen LogP contribution in [0.2, 0.25) is 0 Å². The first-order valence-electron chi connectivity index (χ1n) is 11.2. The lowest BCUT2D eigenvalue weighted by atomic mass is 10.0. The van der Waals surface area contributed by atoms with Crippen LogP contribution in [-0.4, -0.2) is 48.1 Å². The van der Waals surface area contributed by atoms with Crippen molar-refractivity contribution in [3.63, 3.8) is 0 Å². The summed E-state index contributed by atoms with van der Waals surface area (Å²) in [5.74, 6) is 0.536.